The van der Waals surface area contributed by atoms with Gasteiger partial charge in [-0.25, -0.2) is 0 Å². The van der Waals surface area contributed by atoms with E-state index in [0.29, 0.717) is 18.1 Å². The summed E-state index contributed by atoms with van der Waals surface area (Å²) < 4.78 is 0. The smallest absolute Gasteiger partial charge is 0.0102 e. The molecule has 1 rings (SSSR count). The summed E-state index contributed by atoms with van der Waals surface area (Å²) in [6.07, 6.45) is 5.00. The molecular formula is C12H26N2. The summed E-state index contributed by atoms with van der Waals surface area (Å²) in [5.41, 5.74) is 5.93. The van der Waals surface area contributed by atoms with Gasteiger partial charge in [0.15, 0.2) is 0 Å². The lowest BCUT2D eigenvalue weighted by atomic mass is 9.89. The topological polar surface area (TPSA) is 29.3 Å². The van der Waals surface area contributed by atoms with Crippen molar-refractivity contribution in [2.24, 2.45) is 5.73 Å². The minimum absolute atomic E-state index is 0.465. The van der Waals surface area contributed by atoms with Crippen LogP contribution in [0.25, 0.3) is 0 Å². The molecule has 1 aliphatic carbocycles. The fourth-order valence-corrected chi connectivity index (χ4v) is 2.84. The molecule has 0 bridgehead atoms. The van der Waals surface area contributed by atoms with Crippen LogP contribution in [-0.4, -0.2) is 29.1 Å². The van der Waals surface area contributed by atoms with E-state index in [1.54, 1.807) is 0 Å². The fourth-order valence-electron chi connectivity index (χ4n) is 2.84. The normalized spacial score (nSPS) is 29.1. The van der Waals surface area contributed by atoms with Gasteiger partial charge in [-0.3, -0.25) is 4.90 Å². The summed E-state index contributed by atoms with van der Waals surface area (Å²) in [6.45, 7) is 9.20. The Bertz CT molecular complexity index is 150. The standard InChI is InChI=1S/C12H26N2/c1-9(2)14(10(3)4)12-7-5-11(13)6-8-12/h9-12H,5-8,13H2,1-4H3. The summed E-state index contributed by atoms with van der Waals surface area (Å²) >= 11 is 0. The van der Waals surface area contributed by atoms with Crippen LogP contribution < -0.4 is 5.73 Å². The second-order valence-electron chi connectivity index (χ2n) is 5.20. The molecule has 0 aromatic rings. The lowest BCUT2D eigenvalue weighted by Crippen LogP contribution is -2.47. The van der Waals surface area contributed by atoms with E-state index in [1.165, 1.54) is 25.7 Å². The van der Waals surface area contributed by atoms with Crippen molar-refractivity contribution in [3.8, 4) is 0 Å². The maximum Gasteiger partial charge on any atom is 0.0102 e. The van der Waals surface area contributed by atoms with Crippen LogP contribution in [0.5, 0.6) is 0 Å². The van der Waals surface area contributed by atoms with Crippen molar-refractivity contribution in [1.29, 1.82) is 0 Å². The third-order valence-electron chi connectivity index (χ3n) is 3.36. The molecule has 1 fully saturated rings. The first kappa shape index (κ1) is 12.0. The number of nitrogens with zero attached hydrogens (tertiary/aromatic N) is 1. The van der Waals surface area contributed by atoms with Crippen LogP contribution in [0.3, 0.4) is 0 Å². The lowest BCUT2D eigenvalue weighted by Gasteiger charge is -2.41. The van der Waals surface area contributed by atoms with Gasteiger partial charge in [-0.1, -0.05) is 0 Å². The zero-order chi connectivity index (χ0) is 10.7. The molecule has 0 amide bonds. The lowest BCUT2D eigenvalue weighted by molar-refractivity contribution is 0.0827. The maximum absolute atomic E-state index is 5.93. The Morgan fingerprint density at radius 1 is 0.929 bits per heavy atom. The van der Waals surface area contributed by atoms with E-state index in [0.717, 1.165) is 6.04 Å². The van der Waals surface area contributed by atoms with E-state index >= 15 is 0 Å². The number of rotatable bonds is 3. The molecule has 0 atom stereocenters. The molecule has 2 heteroatoms. The average molecular weight is 198 g/mol. The Labute approximate surface area is 88.8 Å². The van der Waals surface area contributed by atoms with Crippen LogP contribution in [0, 0.1) is 0 Å². The summed E-state index contributed by atoms with van der Waals surface area (Å²) in [4.78, 5) is 2.64. The molecular weight excluding hydrogens is 172 g/mol. The number of nitrogens with two attached hydrogens (primary N) is 1. The molecule has 0 aromatic heterocycles. The zero-order valence-electron chi connectivity index (χ0n) is 10.2. The summed E-state index contributed by atoms with van der Waals surface area (Å²) in [6, 6.07) is 2.56. The SMILES string of the molecule is CC(C)N(C(C)C)C1CCC(N)CC1. The second kappa shape index (κ2) is 5.13. The van der Waals surface area contributed by atoms with Gasteiger partial charge in [0.2, 0.25) is 0 Å². The Morgan fingerprint density at radius 3 is 1.71 bits per heavy atom. The Kier molecular flexibility index (Phi) is 4.39. The Morgan fingerprint density at radius 2 is 1.36 bits per heavy atom. The highest BCUT2D eigenvalue weighted by atomic mass is 15.2. The highest BCUT2D eigenvalue weighted by Gasteiger charge is 2.27. The van der Waals surface area contributed by atoms with Gasteiger partial charge >= 0.3 is 0 Å². The first-order chi connectivity index (χ1) is 6.52. The summed E-state index contributed by atoms with van der Waals surface area (Å²) in [5, 5.41) is 0. The van der Waals surface area contributed by atoms with Crippen LogP contribution in [-0.2, 0) is 0 Å². The molecule has 2 N–H and O–H groups in total. The monoisotopic (exact) mass is 198 g/mol. The van der Waals surface area contributed by atoms with Crippen LogP contribution in [0.4, 0.5) is 0 Å². The van der Waals surface area contributed by atoms with Gasteiger partial charge in [-0.05, 0) is 53.4 Å². The first-order valence-electron chi connectivity index (χ1n) is 6.05. The van der Waals surface area contributed by atoms with Crippen molar-refractivity contribution >= 4 is 0 Å². The van der Waals surface area contributed by atoms with Gasteiger partial charge < -0.3 is 5.73 Å². The summed E-state index contributed by atoms with van der Waals surface area (Å²) in [5.74, 6) is 0. The molecule has 0 aromatic carbocycles. The van der Waals surface area contributed by atoms with E-state index in [2.05, 4.69) is 32.6 Å². The van der Waals surface area contributed by atoms with Crippen LogP contribution >= 0.6 is 0 Å². The average Bonchev–Trinajstić information content (AvgIpc) is 2.07. The van der Waals surface area contributed by atoms with Crippen molar-refractivity contribution in [2.45, 2.75) is 77.5 Å². The molecule has 0 aliphatic heterocycles. The molecule has 2 nitrogen and oxygen atoms in total. The highest BCUT2D eigenvalue weighted by Crippen LogP contribution is 2.25. The van der Waals surface area contributed by atoms with Crippen LogP contribution in [0.15, 0.2) is 0 Å². The van der Waals surface area contributed by atoms with Crippen molar-refractivity contribution in [1.82, 2.24) is 4.90 Å². The predicted octanol–water partition coefficient (Wildman–Crippen LogP) is 2.38. The fraction of sp³-hybridized carbons (Fsp3) is 1.00. The Hall–Kier alpha value is -0.0800. The first-order valence-corrected chi connectivity index (χ1v) is 6.05. The molecule has 1 aliphatic rings. The van der Waals surface area contributed by atoms with Gasteiger partial charge in [0.25, 0.3) is 0 Å². The molecule has 84 valence electrons. The third-order valence-corrected chi connectivity index (χ3v) is 3.36. The highest BCUT2D eigenvalue weighted by molar-refractivity contribution is 4.84. The van der Waals surface area contributed by atoms with E-state index in [4.69, 9.17) is 5.73 Å². The number of hydrogen-bond donors (Lipinski definition) is 1. The van der Waals surface area contributed by atoms with E-state index < -0.39 is 0 Å². The van der Waals surface area contributed by atoms with Crippen molar-refractivity contribution in [3.63, 3.8) is 0 Å². The van der Waals surface area contributed by atoms with Crippen molar-refractivity contribution < 1.29 is 0 Å². The summed E-state index contributed by atoms with van der Waals surface area (Å²) in [7, 11) is 0. The van der Waals surface area contributed by atoms with Gasteiger partial charge in [0.1, 0.15) is 0 Å². The minimum atomic E-state index is 0.465. The molecule has 0 heterocycles. The minimum Gasteiger partial charge on any atom is -0.328 e. The second-order valence-corrected chi connectivity index (χ2v) is 5.20. The van der Waals surface area contributed by atoms with Gasteiger partial charge in [0, 0.05) is 24.2 Å². The van der Waals surface area contributed by atoms with Crippen LogP contribution in [0.2, 0.25) is 0 Å². The third kappa shape index (κ3) is 2.96. The van der Waals surface area contributed by atoms with Crippen LogP contribution in [0.1, 0.15) is 53.4 Å². The largest absolute Gasteiger partial charge is 0.328 e. The van der Waals surface area contributed by atoms with Gasteiger partial charge in [0.05, 0.1) is 0 Å². The van der Waals surface area contributed by atoms with E-state index in [1.807, 2.05) is 0 Å². The molecule has 0 radical (unpaired) electrons. The maximum atomic E-state index is 5.93. The van der Waals surface area contributed by atoms with E-state index in [-0.39, 0.29) is 0 Å². The quantitative estimate of drug-likeness (QED) is 0.754. The zero-order valence-corrected chi connectivity index (χ0v) is 10.2. The van der Waals surface area contributed by atoms with E-state index in [9.17, 15) is 0 Å². The molecule has 0 saturated heterocycles. The Balaban J connectivity index is 2.52. The predicted molar refractivity (Wildman–Crippen MR) is 62.3 cm³/mol. The van der Waals surface area contributed by atoms with Gasteiger partial charge in [-0.15, -0.1) is 0 Å². The van der Waals surface area contributed by atoms with Crippen molar-refractivity contribution in [3.05, 3.63) is 0 Å². The molecule has 14 heavy (non-hydrogen) atoms. The molecule has 0 spiro atoms. The van der Waals surface area contributed by atoms with Crippen molar-refractivity contribution in [2.75, 3.05) is 0 Å². The molecule has 1 saturated carbocycles. The molecule has 0 unspecified atom stereocenters. The number of hydrogen-bond acceptors (Lipinski definition) is 2. The van der Waals surface area contributed by atoms with Gasteiger partial charge in [-0.2, -0.15) is 0 Å².